The number of fused-ring (bicyclic) bond motifs is 1. The highest BCUT2D eigenvalue weighted by molar-refractivity contribution is 7.99. The lowest BCUT2D eigenvalue weighted by atomic mass is 10.2. The summed E-state index contributed by atoms with van der Waals surface area (Å²) in [7, 11) is 0. The van der Waals surface area contributed by atoms with E-state index >= 15 is 0 Å². The molecule has 0 fully saturated rings. The lowest BCUT2D eigenvalue weighted by molar-refractivity contribution is -0.116. The number of allylic oxidation sites excluding steroid dienone is 1. The first kappa shape index (κ1) is 21.1. The van der Waals surface area contributed by atoms with Crippen LogP contribution < -0.4 is 10.5 Å². The Labute approximate surface area is 188 Å². The fourth-order valence-electron chi connectivity index (χ4n) is 3.23. The molecule has 2 heterocycles. The van der Waals surface area contributed by atoms with Crippen molar-refractivity contribution >= 4 is 44.9 Å². The molecule has 2 aromatic heterocycles. The molecule has 0 atom stereocenters. The van der Waals surface area contributed by atoms with Gasteiger partial charge in [-0.25, -0.2) is 4.98 Å². The molecule has 4 rings (SSSR count). The summed E-state index contributed by atoms with van der Waals surface area (Å²) in [6.07, 6.45) is 1.67. The molecule has 7 heteroatoms. The molecule has 0 spiro atoms. The number of para-hydroxylation sites is 1. The Hall–Kier alpha value is -3.16. The second kappa shape index (κ2) is 9.76. The molecule has 5 nitrogen and oxygen atoms in total. The van der Waals surface area contributed by atoms with E-state index in [9.17, 15) is 9.59 Å². The Morgan fingerprint density at radius 1 is 1.10 bits per heavy atom. The van der Waals surface area contributed by atoms with Gasteiger partial charge < -0.3 is 4.90 Å². The zero-order valence-electron chi connectivity index (χ0n) is 16.8. The van der Waals surface area contributed by atoms with E-state index < -0.39 is 0 Å². The van der Waals surface area contributed by atoms with Gasteiger partial charge in [-0.05, 0) is 29.1 Å². The molecule has 0 N–H and O–H groups in total. The van der Waals surface area contributed by atoms with E-state index in [0.29, 0.717) is 28.5 Å². The van der Waals surface area contributed by atoms with Crippen molar-refractivity contribution < 1.29 is 4.79 Å². The van der Waals surface area contributed by atoms with Crippen molar-refractivity contribution in [2.75, 3.05) is 10.7 Å². The van der Waals surface area contributed by atoms with Gasteiger partial charge in [-0.3, -0.25) is 14.2 Å². The predicted molar refractivity (Wildman–Crippen MR) is 129 cm³/mol. The van der Waals surface area contributed by atoms with Crippen molar-refractivity contribution in [2.45, 2.75) is 18.2 Å². The summed E-state index contributed by atoms with van der Waals surface area (Å²) in [5.41, 5.74) is 2.45. The topological polar surface area (TPSA) is 55.2 Å². The van der Waals surface area contributed by atoms with E-state index in [-0.39, 0.29) is 17.2 Å². The van der Waals surface area contributed by atoms with Crippen LogP contribution in [0.1, 0.15) is 5.56 Å². The van der Waals surface area contributed by atoms with Gasteiger partial charge in [-0.2, -0.15) is 0 Å². The Balaban J connectivity index is 1.60. The van der Waals surface area contributed by atoms with Crippen LogP contribution in [0.15, 0.2) is 94.7 Å². The first-order valence-corrected chi connectivity index (χ1v) is 11.6. The molecule has 0 saturated heterocycles. The van der Waals surface area contributed by atoms with Crippen LogP contribution in [0, 0.1) is 0 Å². The van der Waals surface area contributed by atoms with Crippen LogP contribution in [0.4, 0.5) is 5.69 Å². The summed E-state index contributed by atoms with van der Waals surface area (Å²) in [6, 6.07) is 21.3. The molecule has 31 heavy (non-hydrogen) atoms. The van der Waals surface area contributed by atoms with Gasteiger partial charge in [0.05, 0.1) is 17.8 Å². The van der Waals surface area contributed by atoms with Gasteiger partial charge in [0.15, 0.2) is 5.16 Å². The highest BCUT2D eigenvalue weighted by Crippen LogP contribution is 2.23. The second-order valence-corrected chi connectivity index (χ2v) is 8.68. The number of carbonyl (C=O) groups is 1. The van der Waals surface area contributed by atoms with Gasteiger partial charge in [0.1, 0.15) is 4.70 Å². The van der Waals surface area contributed by atoms with E-state index in [4.69, 9.17) is 0 Å². The van der Waals surface area contributed by atoms with Crippen molar-refractivity contribution in [2.24, 2.45) is 0 Å². The van der Waals surface area contributed by atoms with E-state index in [1.54, 1.807) is 15.5 Å². The van der Waals surface area contributed by atoms with Gasteiger partial charge >= 0.3 is 0 Å². The normalized spacial score (nSPS) is 10.8. The largest absolute Gasteiger partial charge is 0.307 e. The van der Waals surface area contributed by atoms with Gasteiger partial charge in [0.25, 0.3) is 5.56 Å². The second-order valence-electron chi connectivity index (χ2n) is 6.82. The lowest BCUT2D eigenvalue weighted by Crippen LogP contribution is -2.32. The van der Waals surface area contributed by atoms with Crippen LogP contribution in [0.5, 0.6) is 0 Å². The average Bonchev–Trinajstić information content (AvgIpc) is 3.28. The van der Waals surface area contributed by atoms with Gasteiger partial charge in [0, 0.05) is 12.2 Å². The van der Waals surface area contributed by atoms with Crippen molar-refractivity contribution in [3.05, 3.63) is 101 Å². The Bertz CT molecular complexity index is 1250. The summed E-state index contributed by atoms with van der Waals surface area (Å²) >= 11 is 2.65. The molecular weight excluding hydrogens is 426 g/mol. The standard InChI is InChI=1S/C24H21N3O2S2/c1-2-14-26-23(29)22-20(13-15-30-22)25-24(26)31-17-21(28)27(19-11-7-4-8-12-19)16-18-9-5-3-6-10-18/h2-13,15H,1,14,16-17H2. The Kier molecular flexibility index (Phi) is 6.64. The van der Waals surface area contributed by atoms with E-state index in [2.05, 4.69) is 11.6 Å². The Morgan fingerprint density at radius 2 is 1.81 bits per heavy atom. The zero-order valence-corrected chi connectivity index (χ0v) is 18.4. The smallest absolute Gasteiger partial charge is 0.272 e. The average molecular weight is 448 g/mol. The van der Waals surface area contributed by atoms with Crippen molar-refractivity contribution in [1.82, 2.24) is 9.55 Å². The van der Waals surface area contributed by atoms with Crippen molar-refractivity contribution in [3.8, 4) is 0 Å². The third-order valence-electron chi connectivity index (χ3n) is 4.72. The predicted octanol–water partition coefficient (Wildman–Crippen LogP) is 4.97. The summed E-state index contributed by atoms with van der Waals surface area (Å²) < 4.78 is 2.20. The van der Waals surface area contributed by atoms with E-state index in [0.717, 1.165) is 11.3 Å². The van der Waals surface area contributed by atoms with Crippen LogP contribution in [-0.4, -0.2) is 21.2 Å². The maximum atomic E-state index is 13.3. The maximum absolute atomic E-state index is 13.3. The van der Waals surface area contributed by atoms with Gasteiger partial charge in [-0.1, -0.05) is 66.4 Å². The summed E-state index contributed by atoms with van der Waals surface area (Å²) in [5.74, 6) is 0.117. The number of thioether (sulfide) groups is 1. The molecule has 0 saturated carbocycles. The molecule has 2 aromatic carbocycles. The van der Waals surface area contributed by atoms with Crippen molar-refractivity contribution in [3.63, 3.8) is 0 Å². The van der Waals surface area contributed by atoms with Crippen LogP contribution in [0.3, 0.4) is 0 Å². The highest BCUT2D eigenvalue weighted by atomic mass is 32.2. The van der Waals surface area contributed by atoms with Crippen LogP contribution in [0.25, 0.3) is 10.2 Å². The molecule has 4 aromatic rings. The number of aromatic nitrogens is 2. The first-order chi connectivity index (χ1) is 15.2. The van der Waals surface area contributed by atoms with Gasteiger partial charge in [0.2, 0.25) is 5.91 Å². The summed E-state index contributed by atoms with van der Waals surface area (Å²) in [5, 5.41) is 2.38. The van der Waals surface area contributed by atoms with E-state index in [1.807, 2.05) is 72.1 Å². The molecule has 1 amide bonds. The number of carbonyl (C=O) groups excluding carboxylic acids is 1. The molecule has 0 radical (unpaired) electrons. The molecular formula is C24H21N3O2S2. The zero-order chi connectivity index (χ0) is 21.6. The molecule has 0 unspecified atom stereocenters. The molecule has 0 aliphatic carbocycles. The lowest BCUT2D eigenvalue weighted by Gasteiger charge is -2.23. The molecule has 0 aliphatic heterocycles. The Morgan fingerprint density at radius 3 is 2.52 bits per heavy atom. The number of nitrogens with zero attached hydrogens (tertiary/aromatic N) is 3. The monoisotopic (exact) mass is 447 g/mol. The molecule has 0 bridgehead atoms. The van der Waals surface area contributed by atoms with Crippen molar-refractivity contribution in [1.29, 1.82) is 0 Å². The fraction of sp³-hybridized carbons (Fsp3) is 0.125. The minimum Gasteiger partial charge on any atom is -0.307 e. The minimum atomic E-state index is -0.0981. The number of benzene rings is 2. The number of hydrogen-bond acceptors (Lipinski definition) is 5. The number of anilines is 1. The van der Waals surface area contributed by atoms with Gasteiger partial charge in [-0.15, -0.1) is 17.9 Å². The minimum absolute atomic E-state index is 0.0510. The number of amides is 1. The van der Waals surface area contributed by atoms with Crippen LogP contribution in [0.2, 0.25) is 0 Å². The third-order valence-corrected chi connectivity index (χ3v) is 6.57. The highest BCUT2D eigenvalue weighted by Gasteiger charge is 2.19. The first-order valence-electron chi connectivity index (χ1n) is 9.78. The molecule has 156 valence electrons. The van der Waals surface area contributed by atoms with Crippen LogP contribution >= 0.6 is 23.1 Å². The summed E-state index contributed by atoms with van der Waals surface area (Å²) in [4.78, 5) is 32.5. The molecule has 0 aliphatic rings. The fourth-order valence-corrected chi connectivity index (χ4v) is 4.89. The van der Waals surface area contributed by atoms with E-state index in [1.165, 1.54) is 23.1 Å². The number of thiophene rings is 1. The quantitative estimate of drug-likeness (QED) is 0.217. The third kappa shape index (κ3) is 4.78. The number of rotatable bonds is 8. The number of hydrogen-bond donors (Lipinski definition) is 0. The SMILES string of the molecule is C=CCn1c(SCC(=O)N(Cc2ccccc2)c2ccccc2)nc2ccsc2c1=O. The maximum Gasteiger partial charge on any atom is 0.272 e. The summed E-state index contributed by atoms with van der Waals surface area (Å²) in [6.45, 7) is 4.57. The van der Waals surface area contributed by atoms with Crippen LogP contribution in [-0.2, 0) is 17.9 Å².